The third-order valence-corrected chi connectivity index (χ3v) is 4.75. The molecule has 1 aromatic carbocycles. The fourth-order valence-corrected chi connectivity index (χ4v) is 3.40. The van der Waals surface area contributed by atoms with Crippen molar-refractivity contribution >= 4 is 23.1 Å². The molecule has 0 aliphatic carbocycles. The normalized spacial score (nSPS) is 22.4. The molecule has 1 fully saturated rings. The number of hydrogen-bond acceptors (Lipinski definition) is 6. The molecule has 1 aliphatic rings. The van der Waals surface area contributed by atoms with Crippen molar-refractivity contribution in [3.05, 3.63) is 33.9 Å². The van der Waals surface area contributed by atoms with E-state index in [1.165, 1.54) is 6.07 Å². The minimum Gasteiger partial charge on any atom is -0.377 e. The summed E-state index contributed by atoms with van der Waals surface area (Å²) in [7, 11) is 0. The van der Waals surface area contributed by atoms with Gasteiger partial charge < -0.3 is 10.2 Å². The average Bonchev–Trinajstić information content (AvgIpc) is 2.81. The van der Waals surface area contributed by atoms with Crippen molar-refractivity contribution in [2.75, 3.05) is 12.0 Å². The van der Waals surface area contributed by atoms with Crippen LogP contribution in [0.1, 0.15) is 18.9 Å². The SMILES string of the molecule is CC1OCCC1SCc1cccc([N+](=O)[O-])c1NN. The van der Waals surface area contributed by atoms with Crippen LogP contribution in [0.4, 0.5) is 11.4 Å². The molecule has 1 aromatic rings. The Morgan fingerprint density at radius 1 is 1.63 bits per heavy atom. The summed E-state index contributed by atoms with van der Waals surface area (Å²) in [5, 5.41) is 11.4. The first kappa shape index (κ1) is 14.1. The van der Waals surface area contributed by atoms with Crippen molar-refractivity contribution in [3.8, 4) is 0 Å². The lowest BCUT2D eigenvalue weighted by Gasteiger charge is -2.15. The Labute approximate surface area is 115 Å². The van der Waals surface area contributed by atoms with Crippen LogP contribution in [0.25, 0.3) is 0 Å². The molecule has 0 aromatic heterocycles. The number of nitrogens with one attached hydrogen (secondary N) is 1. The highest BCUT2D eigenvalue weighted by atomic mass is 32.2. The second-order valence-corrected chi connectivity index (χ2v) is 5.65. The Morgan fingerprint density at radius 2 is 2.42 bits per heavy atom. The summed E-state index contributed by atoms with van der Waals surface area (Å²) in [4.78, 5) is 10.5. The molecule has 0 amide bonds. The molecule has 1 aliphatic heterocycles. The number of para-hydroxylation sites is 1. The van der Waals surface area contributed by atoms with E-state index in [0.29, 0.717) is 16.7 Å². The summed E-state index contributed by atoms with van der Waals surface area (Å²) < 4.78 is 5.50. The number of anilines is 1. The van der Waals surface area contributed by atoms with Crippen LogP contribution in [-0.4, -0.2) is 22.9 Å². The van der Waals surface area contributed by atoms with Crippen LogP contribution in [0, 0.1) is 10.1 Å². The van der Waals surface area contributed by atoms with Crippen LogP contribution in [-0.2, 0) is 10.5 Å². The van der Waals surface area contributed by atoms with Crippen LogP contribution in [0.3, 0.4) is 0 Å². The molecule has 0 radical (unpaired) electrons. The van der Waals surface area contributed by atoms with Gasteiger partial charge in [-0.05, 0) is 18.9 Å². The Kier molecular flexibility index (Phi) is 4.62. The van der Waals surface area contributed by atoms with Gasteiger partial charge in [-0.25, -0.2) is 0 Å². The smallest absolute Gasteiger partial charge is 0.293 e. The van der Waals surface area contributed by atoms with E-state index in [-0.39, 0.29) is 11.8 Å². The van der Waals surface area contributed by atoms with Gasteiger partial charge in [0.25, 0.3) is 5.69 Å². The number of rotatable bonds is 5. The molecule has 3 N–H and O–H groups in total. The number of nitro groups is 1. The number of nitrogens with two attached hydrogens (primary N) is 1. The fourth-order valence-electron chi connectivity index (χ4n) is 2.15. The fraction of sp³-hybridized carbons (Fsp3) is 0.500. The van der Waals surface area contributed by atoms with Gasteiger partial charge in [0.2, 0.25) is 0 Å². The van der Waals surface area contributed by atoms with Gasteiger partial charge in [0.05, 0.1) is 11.0 Å². The van der Waals surface area contributed by atoms with E-state index in [9.17, 15) is 10.1 Å². The third kappa shape index (κ3) is 3.17. The van der Waals surface area contributed by atoms with E-state index in [0.717, 1.165) is 18.6 Å². The maximum atomic E-state index is 10.9. The quantitative estimate of drug-likeness (QED) is 0.489. The molecular weight excluding hydrogens is 266 g/mol. The zero-order chi connectivity index (χ0) is 13.8. The molecule has 0 saturated carbocycles. The first-order chi connectivity index (χ1) is 9.13. The Bertz CT molecular complexity index is 470. The molecule has 1 heterocycles. The lowest BCUT2D eigenvalue weighted by molar-refractivity contribution is -0.384. The van der Waals surface area contributed by atoms with E-state index in [4.69, 9.17) is 10.6 Å². The predicted octanol–water partition coefficient (Wildman–Crippen LogP) is 2.29. The van der Waals surface area contributed by atoms with Gasteiger partial charge in [0, 0.05) is 23.7 Å². The van der Waals surface area contributed by atoms with Gasteiger partial charge in [-0.15, -0.1) is 0 Å². The van der Waals surface area contributed by atoms with Crippen molar-refractivity contribution in [1.29, 1.82) is 0 Å². The average molecular weight is 283 g/mol. The topological polar surface area (TPSA) is 90.4 Å². The number of nitro benzene ring substituents is 1. The summed E-state index contributed by atoms with van der Waals surface area (Å²) in [6, 6.07) is 4.99. The second kappa shape index (κ2) is 6.23. The summed E-state index contributed by atoms with van der Waals surface area (Å²) >= 11 is 1.75. The third-order valence-electron chi connectivity index (χ3n) is 3.23. The van der Waals surface area contributed by atoms with Crippen molar-refractivity contribution in [2.45, 2.75) is 30.5 Å². The molecule has 7 heteroatoms. The molecule has 2 unspecified atom stereocenters. The van der Waals surface area contributed by atoms with Crippen LogP contribution in [0.2, 0.25) is 0 Å². The maximum absolute atomic E-state index is 10.9. The van der Waals surface area contributed by atoms with Crippen molar-refractivity contribution in [3.63, 3.8) is 0 Å². The van der Waals surface area contributed by atoms with Gasteiger partial charge in [-0.3, -0.25) is 16.0 Å². The van der Waals surface area contributed by atoms with Gasteiger partial charge in [0.15, 0.2) is 0 Å². The highest BCUT2D eigenvalue weighted by molar-refractivity contribution is 7.99. The molecule has 0 spiro atoms. The standard InChI is InChI=1S/C12H17N3O3S/c1-8-11(5-6-18-8)19-7-9-3-2-4-10(15(16)17)12(9)14-13/h2-4,8,11,14H,5-7,13H2,1H3. The van der Waals surface area contributed by atoms with E-state index in [2.05, 4.69) is 12.3 Å². The number of thioether (sulfide) groups is 1. The molecule has 2 atom stereocenters. The van der Waals surface area contributed by atoms with Gasteiger partial charge >= 0.3 is 0 Å². The summed E-state index contributed by atoms with van der Waals surface area (Å²) in [5.74, 6) is 6.09. The number of hydrazine groups is 1. The van der Waals surface area contributed by atoms with Crippen LogP contribution in [0.15, 0.2) is 18.2 Å². The van der Waals surface area contributed by atoms with Crippen LogP contribution in [0.5, 0.6) is 0 Å². The first-order valence-corrected chi connectivity index (χ1v) is 7.14. The minimum absolute atomic E-state index is 0.0105. The number of nitrogens with zero attached hydrogens (tertiary/aromatic N) is 1. The summed E-state index contributed by atoms with van der Waals surface area (Å²) in [5.41, 5.74) is 3.70. The van der Waals surface area contributed by atoms with Crippen molar-refractivity contribution in [2.24, 2.45) is 5.84 Å². The molecular formula is C12H17N3O3S. The monoisotopic (exact) mass is 283 g/mol. The highest BCUT2D eigenvalue weighted by Crippen LogP contribution is 2.34. The van der Waals surface area contributed by atoms with E-state index < -0.39 is 4.92 Å². The highest BCUT2D eigenvalue weighted by Gasteiger charge is 2.25. The number of ether oxygens (including phenoxy) is 1. The maximum Gasteiger partial charge on any atom is 0.293 e. The minimum atomic E-state index is -0.426. The molecule has 1 saturated heterocycles. The zero-order valence-corrected chi connectivity index (χ0v) is 11.5. The second-order valence-electron chi connectivity index (χ2n) is 4.43. The number of hydrogen-bond donors (Lipinski definition) is 2. The van der Waals surface area contributed by atoms with Gasteiger partial charge in [-0.2, -0.15) is 11.8 Å². The van der Waals surface area contributed by atoms with E-state index in [1.54, 1.807) is 17.8 Å². The first-order valence-electron chi connectivity index (χ1n) is 6.09. The Balaban J connectivity index is 2.11. The number of nitrogen functional groups attached to an aromatic ring is 1. The summed E-state index contributed by atoms with van der Waals surface area (Å²) in [6.07, 6.45) is 1.25. The van der Waals surface area contributed by atoms with Crippen molar-refractivity contribution < 1.29 is 9.66 Å². The molecule has 19 heavy (non-hydrogen) atoms. The van der Waals surface area contributed by atoms with E-state index >= 15 is 0 Å². The molecule has 2 rings (SSSR count). The molecule has 0 bridgehead atoms. The van der Waals surface area contributed by atoms with E-state index in [1.807, 2.05) is 6.07 Å². The van der Waals surface area contributed by atoms with Crippen LogP contribution >= 0.6 is 11.8 Å². The van der Waals surface area contributed by atoms with Gasteiger partial charge in [0.1, 0.15) is 5.69 Å². The molecule has 6 nitrogen and oxygen atoms in total. The van der Waals surface area contributed by atoms with Crippen LogP contribution < -0.4 is 11.3 Å². The largest absolute Gasteiger partial charge is 0.377 e. The lowest BCUT2D eigenvalue weighted by Crippen LogP contribution is -2.15. The Morgan fingerprint density at radius 3 is 3.00 bits per heavy atom. The van der Waals surface area contributed by atoms with Crippen molar-refractivity contribution in [1.82, 2.24) is 0 Å². The lowest BCUT2D eigenvalue weighted by atomic mass is 10.2. The zero-order valence-electron chi connectivity index (χ0n) is 10.7. The molecule has 104 valence electrons. The predicted molar refractivity (Wildman–Crippen MR) is 76.0 cm³/mol. The van der Waals surface area contributed by atoms with Gasteiger partial charge in [-0.1, -0.05) is 12.1 Å². The summed E-state index contributed by atoms with van der Waals surface area (Å²) in [6.45, 7) is 2.84. The Hall–Kier alpha value is -1.31. The number of benzene rings is 1.